The standard InChI is InChI=1S/C15H21N3O3S3/c1-3-18(4-2)24(20,21)13-7-5-12(6-8-13)17-14(19)11-23-15-16-9-10-22-15/h5-8H,3-4,9-11H2,1-2H3,(H,17,19). The van der Waals surface area contributed by atoms with Gasteiger partial charge in [0.2, 0.25) is 15.9 Å². The molecule has 0 unspecified atom stereocenters. The van der Waals surface area contributed by atoms with Crippen LogP contribution in [0.4, 0.5) is 5.69 Å². The molecule has 9 heteroatoms. The van der Waals surface area contributed by atoms with Crippen molar-refractivity contribution in [1.82, 2.24) is 4.31 Å². The largest absolute Gasteiger partial charge is 0.325 e. The topological polar surface area (TPSA) is 78.8 Å². The second kappa shape index (κ2) is 8.89. The van der Waals surface area contributed by atoms with E-state index in [1.54, 1.807) is 37.7 Å². The monoisotopic (exact) mass is 387 g/mol. The van der Waals surface area contributed by atoms with Gasteiger partial charge in [0.1, 0.15) is 4.38 Å². The van der Waals surface area contributed by atoms with Gasteiger partial charge in [-0.1, -0.05) is 37.4 Å². The van der Waals surface area contributed by atoms with Gasteiger partial charge >= 0.3 is 0 Å². The van der Waals surface area contributed by atoms with Crippen LogP contribution in [0.2, 0.25) is 0 Å². The zero-order valence-corrected chi connectivity index (χ0v) is 16.1. The van der Waals surface area contributed by atoms with Crippen molar-refractivity contribution in [3.05, 3.63) is 24.3 Å². The molecule has 1 heterocycles. The zero-order valence-electron chi connectivity index (χ0n) is 13.7. The van der Waals surface area contributed by atoms with E-state index in [0.717, 1.165) is 16.7 Å². The molecule has 0 spiro atoms. The highest BCUT2D eigenvalue weighted by Crippen LogP contribution is 2.22. The van der Waals surface area contributed by atoms with E-state index < -0.39 is 10.0 Å². The molecule has 0 aliphatic carbocycles. The minimum absolute atomic E-state index is 0.130. The predicted molar refractivity (Wildman–Crippen MR) is 102 cm³/mol. The number of thioether (sulfide) groups is 2. The number of benzene rings is 1. The third-order valence-corrected chi connectivity index (χ3v) is 7.68. The van der Waals surface area contributed by atoms with Gasteiger partial charge in [0.25, 0.3) is 0 Å². The van der Waals surface area contributed by atoms with Gasteiger partial charge in [-0.05, 0) is 24.3 Å². The van der Waals surface area contributed by atoms with Crippen molar-refractivity contribution in [2.24, 2.45) is 4.99 Å². The van der Waals surface area contributed by atoms with Crippen LogP contribution in [0.1, 0.15) is 13.8 Å². The summed E-state index contributed by atoms with van der Waals surface area (Å²) in [5.74, 6) is 1.15. The highest BCUT2D eigenvalue weighted by atomic mass is 32.2. The first kappa shape index (κ1) is 19.3. The number of nitrogens with zero attached hydrogens (tertiary/aromatic N) is 2. The van der Waals surface area contributed by atoms with E-state index in [0.29, 0.717) is 24.5 Å². The molecule has 1 N–H and O–H groups in total. The maximum Gasteiger partial charge on any atom is 0.243 e. The maximum atomic E-state index is 12.4. The molecule has 1 amide bonds. The summed E-state index contributed by atoms with van der Waals surface area (Å²) in [6, 6.07) is 6.27. The Morgan fingerprint density at radius 1 is 1.29 bits per heavy atom. The minimum atomic E-state index is -3.47. The van der Waals surface area contributed by atoms with E-state index in [1.165, 1.54) is 28.2 Å². The van der Waals surface area contributed by atoms with Gasteiger partial charge in [0.05, 0.1) is 17.2 Å². The van der Waals surface area contributed by atoms with Crippen LogP contribution in [0.25, 0.3) is 0 Å². The predicted octanol–water partition coefficient (Wildman–Crippen LogP) is 2.49. The molecule has 132 valence electrons. The van der Waals surface area contributed by atoms with E-state index in [9.17, 15) is 13.2 Å². The number of carbonyl (C=O) groups excluding carboxylic acids is 1. The average Bonchev–Trinajstić information content (AvgIpc) is 3.08. The normalized spacial score (nSPS) is 14.7. The summed E-state index contributed by atoms with van der Waals surface area (Å²) in [6.45, 7) is 5.28. The quantitative estimate of drug-likeness (QED) is 0.778. The summed E-state index contributed by atoms with van der Waals surface area (Å²) in [7, 11) is -3.47. The van der Waals surface area contributed by atoms with Crippen molar-refractivity contribution in [1.29, 1.82) is 0 Å². The molecule has 0 atom stereocenters. The first-order chi connectivity index (χ1) is 11.5. The van der Waals surface area contributed by atoms with Crippen LogP contribution in [-0.4, -0.2) is 54.1 Å². The number of sulfonamides is 1. The van der Waals surface area contributed by atoms with Gasteiger partial charge < -0.3 is 5.32 Å². The Hall–Kier alpha value is -1.03. The highest BCUT2D eigenvalue weighted by Gasteiger charge is 2.21. The van der Waals surface area contributed by atoms with Crippen molar-refractivity contribution < 1.29 is 13.2 Å². The van der Waals surface area contributed by atoms with Gasteiger partial charge in [0.15, 0.2) is 0 Å². The fourth-order valence-corrected chi connectivity index (χ4v) is 5.42. The lowest BCUT2D eigenvalue weighted by molar-refractivity contribution is -0.113. The molecule has 2 rings (SSSR count). The number of hydrogen-bond acceptors (Lipinski definition) is 6. The molecule has 1 aromatic carbocycles. The average molecular weight is 388 g/mol. The summed E-state index contributed by atoms with van der Waals surface area (Å²) in [5, 5.41) is 2.77. The number of amides is 1. The summed E-state index contributed by atoms with van der Waals surface area (Å²) in [5.41, 5.74) is 0.583. The number of rotatable bonds is 7. The third-order valence-electron chi connectivity index (χ3n) is 3.37. The molecule has 0 fully saturated rings. The summed E-state index contributed by atoms with van der Waals surface area (Å²) >= 11 is 3.09. The van der Waals surface area contributed by atoms with E-state index in [2.05, 4.69) is 10.3 Å². The third kappa shape index (κ3) is 4.98. The van der Waals surface area contributed by atoms with Crippen molar-refractivity contribution in [3.63, 3.8) is 0 Å². The van der Waals surface area contributed by atoms with Crippen LogP contribution in [0, 0.1) is 0 Å². The van der Waals surface area contributed by atoms with E-state index in [4.69, 9.17) is 0 Å². The van der Waals surface area contributed by atoms with Crippen molar-refractivity contribution in [2.45, 2.75) is 18.7 Å². The molecule has 0 saturated carbocycles. The fraction of sp³-hybridized carbons (Fsp3) is 0.467. The molecule has 0 radical (unpaired) electrons. The smallest absolute Gasteiger partial charge is 0.243 e. The minimum Gasteiger partial charge on any atom is -0.325 e. The number of aliphatic imine (C=N–C) groups is 1. The van der Waals surface area contributed by atoms with E-state index in [1.807, 2.05) is 0 Å². The molecule has 1 aliphatic heterocycles. The van der Waals surface area contributed by atoms with E-state index >= 15 is 0 Å². The fourth-order valence-electron chi connectivity index (χ4n) is 2.15. The maximum absolute atomic E-state index is 12.4. The first-order valence-corrected chi connectivity index (χ1v) is 11.1. The van der Waals surface area contributed by atoms with Crippen LogP contribution in [0.15, 0.2) is 34.2 Å². The van der Waals surface area contributed by atoms with Crippen molar-refractivity contribution >= 4 is 49.5 Å². The molecular weight excluding hydrogens is 366 g/mol. The SMILES string of the molecule is CCN(CC)S(=O)(=O)c1ccc(NC(=O)CSC2=NCCS2)cc1. The molecule has 24 heavy (non-hydrogen) atoms. The van der Waals surface area contributed by atoms with E-state index in [-0.39, 0.29) is 10.8 Å². The Morgan fingerprint density at radius 3 is 2.50 bits per heavy atom. The second-order valence-corrected chi connectivity index (χ2v) is 9.19. The summed E-state index contributed by atoms with van der Waals surface area (Å²) < 4.78 is 27.1. The molecule has 1 aromatic rings. The molecule has 1 aliphatic rings. The molecule has 0 bridgehead atoms. The molecule has 6 nitrogen and oxygen atoms in total. The molecule has 0 aromatic heterocycles. The Kier molecular flexibility index (Phi) is 7.15. The number of carbonyl (C=O) groups is 1. The van der Waals surface area contributed by atoms with Gasteiger partial charge in [-0.2, -0.15) is 4.31 Å². The summed E-state index contributed by atoms with van der Waals surface area (Å²) in [6.07, 6.45) is 0. The highest BCUT2D eigenvalue weighted by molar-refractivity contribution is 8.39. The molecule has 0 saturated heterocycles. The first-order valence-electron chi connectivity index (χ1n) is 7.67. The number of nitrogens with one attached hydrogen (secondary N) is 1. The number of hydrogen-bond donors (Lipinski definition) is 1. The Morgan fingerprint density at radius 2 is 1.96 bits per heavy atom. The summed E-state index contributed by atoms with van der Waals surface area (Å²) in [4.78, 5) is 16.4. The van der Waals surface area contributed by atoms with Crippen molar-refractivity contribution in [2.75, 3.05) is 36.5 Å². The van der Waals surface area contributed by atoms with Gasteiger partial charge in [-0.15, -0.1) is 0 Å². The van der Waals surface area contributed by atoms with Crippen LogP contribution in [0.3, 0.4) is 0 Å². The zero-order chi connectivity index (χ0) is 17.6. The molecular formula is C15H21N3O3S3. The number of anilines is 1. The Balaban J connectivity index is 1.95. The van der Waals surface area contributed by atoms with Gasteiger partial charge in [-0.3, -0.25) is 9.79 Å². The van der Waals surface area contributed by atoms with Gasteiger partial charge in [0, 0.05) is 24.5 Å². The van der Waals surface area contributed by atoms with Crippen LogP contribution >= 0.6 is 23.5 Å². The van der Waals surface area contributed by atoms with Crippen molar-refractivity contribution in [3.8, 4) is 0 Å². The Bertz CT molecular complexity index is 698. The van der Waals surface area contributed by atoms with Crippen LogP contribution < -0.4 is 5.32 Å². The van der Waals surface area contributed by atoms with Crippen LogP contribution in [0.5, 0.6) is 0 Å². The van der Waals surface area contributed by atoms with Gasteiger partial charge in [-0.25, -0.2) is 8.42 Å². The lowest BCUT2D eigenvalue weighted by Crippen LogP contribution is -2.30. The Labute approximate surface area is 151 Å². The van der Waals surface area contributed by atoms with Crippen LogP contribution in [-0.2, 0) is 14.8 Å². The lowest BCUT2D eigenvalue weighted by Gasteiger charge is -2.18. The lowest BCUT2D eigenvalue weighted by atomic mass is 10.3. The second-order valence-electron chi connectivity index (χ2n) is 4.95.